The summed E-state index contributed by atoms with van der Waals surface area (Å²) in [5.74, 6) is -0.0307. The predicted octanol–water partition coefficient (Wildman–Crippen LogP) is 4.04. The zero-order chi connectivity index (χ0) is 18.6. The van der Waals surface area contributed by atoms with E-state index in [1.54, 1.807) is 18.2 Å². The molecular weight excluding hydrogens is 346 g/mol. The molecular formula is C22H26F2N2O. The van der Waals surface area contributed by atoms with Crippen molar-refractivity contribution in [2.45, 2.75) is 25.7 Å². The Morgan fingerprint density at radius 2 is 1.70 bits per heavy atom. The molecule has 1 fully saturated rings. The van der Waals surface area contributed by atoms with Crippen LogP contribution in [0.3, 0.4) is 0 Å². The van der Waals surface area contributed by atoms with Crippen molar-refractivity contribution in [3.63, 3.8) is 0 Å². The van der Waals surface area contributed by atoms with Crippen molar-refractivity contribution in [1.82, 2.24) is 4.90 Å². The van der Waals surface area contributed by atoms with Gasteiger partial charge in [0.15, 0.2) is 11.6 Å². The third-order valence-corrected chi connectivity index (χ3v) is 5.57. The van der Waals surface area contributed by atoms with Gasteiger partial charge in [-0.3, -0.25) is 4.90 Å². The van der Waals surface area contributed by atoms with Gasteiger partial charge in [0, 0.05) is 38.4 Å². The highest BCUT2D eigenvalue weighted by atomic mass is 19.1. The summed E-state index contributed by atoms with van der Waals surface area (Å²) < 4.78 is 33.2. The minimum absolute atomic E-state index is 0.189. The molecule has 144 valence electrons. The standard InChI is InChI=1S/C22H26F2N2O/c23-19-6-2-7-20(16-19)26-11-9-25(10-12-26)8-3-13-27-22-15-18-5-1-4-17(18)14-21(22)24/h2,6-7,14-16H,1,3-5,8-13H2. The van der Waals surface area contributed by atoms with E-state index in [2.05, 4.69) is 9.80 Å². The van der Waals surface area contributed by atoms with E-state index in [1.807, 2.05) is 12.1 Å². The molecule has 1 aliphatic heterocycles. The maximum Gasteiger partial charge on any atom is 0.165 e. The molecule has 1 saturated heterocycles. The lowest BCUT2D eigenvalue weighted by atomic mass is 10.1. The Bertz CT molecular complexity index is 788. The van der Waals surface area contributed by atoms with Gasteiger partial charge in [-0.15, -0.1) is 0 Å². The molecule has 2 aliphatic rings. The Kier molecular flexibility index (Phi) is 5.58. The highest BCUT2D eigenvalue weighted by Gasteiger charge is 2.18. The molecule has 1 aliphatic carbocycles. The van der Waals surface area contributed by atoms with Crippen LogP contribution >= 0.6 is 0 Å². The zero-order valence-electron chi connectivity index (χ0n) is 15.6. The highest BCUT2D eigenvalue weighted by Crippen LogP contribution is 2.29. The van der Waals surface area contributed by atoms with E-state index in [1.165, 1.54) is 11.6 Å². The van der Waals surface area contributed by atoms with Crippen molar-refractivity contribution >= 4 is 5.69 Å². The number of nitrogens with zero attached hydrogens (tertiary/aromatic N) is 2. The van der Waals surface area contributed by atoms with Crippen LogP contribution in [0.1, 0.15) is 24.0 Å². The van der Waals surface area contributed by atoms with Crippen LogP contribution in [-0.2, 0) is 12.8 Å². The minimum Gasteiger partial charge on any atom is -0.490 e. The molecule has 0 saturated carbocycles. The van der Waals surface area contributed by atoms with Gasteiger partial charge < -0.3 is 9.64 Å². The van der Waals surface area contributed by atoms with Crippen LogP contribution < -0.4 is 9.64 Å². The van der Waals surface area contributed by atoms with Gasteiger partial charge in [-0.05, 0) is 67.1 Å². The number of hydrogen-bond acceptors (Lipinski definition) is 3. The second-order valence-electron chi connectivity index (χ2n) is 7.42. The van der Waals surface area contributed by atoms with Crippen molar-refractivity contribution in [2.75, 3.05) is 44.2 Å². The van der Waals surface area contributed by atoms with Crippen LogP contribution in [-0.4, -0.2) is 44.2 Å². The van der Waals surface area contributed by atoms with Crippen LogP contribution in [0.15, 0.2) is 36.4 Å². The lowest BCUT2D eigenvalue weighted by Crippen LogP contribution is -2.46. The van der Waals surface area contributed by atoms with Crippen LogP contribution in [0.4, 0.5) is 14.5 Å². The first-order chi connectivity index (χ1) is 13.2. The predicted molar refractivity (Wildman–Crippen MR) is 104 cm³/mol. The molecule has 0 aromatic heterocycles. The Morgan fingerprint density at radius 3 is 2.48 bits per heavy atom. The van der Waals surface area contributed by atoms with E-state index in [0.717, 1.165) is 69.7 Å². The maximum atomic E-state index is 14.1. The zero-order valence-corrected chi connectivity index (χ0v) is 15.6. The van der Waals surface area contributed by atoms with Crippen LogP contribution in [0.5, 0.6) is 5.75 Å². The second-order valence-corrected chi connectivity index (χ2v) is 7.42. The number of ether oxygens (including phenoxy) is 1. The first-order valence-corrected chi connectivity index (χ1v) is 9.86. The number of piperazine rings is 1. The molecule has 0 amide bonds. The summed E-state index contributed by atoms with van der Waals surface area (Å²) in [5.41, 5.74) is 3.32. The van der Waals surface area contributed by atoms with Gasteiger partial charge in [-0.25, -0.2) is 8.78 Å². The van der Waals surface area contributed by atoms with Gasteiger partial charge in [0.05, 0.1) is 6.61 Å². The molecule has 3 nitrogen and oxygen atoms in total. The fourth-order valence-corrected chi connectivity index (χ4v) is 4.05. The summed E-state index contributed by atoms with van der Waals surface area (Å²) >= 11 is 0. The van der Waals surface area contributed by atoms with Crippen molar-refractivity contribution in [3.05, 3.63) is 59.2 Å². The number of aryl methyl sites for hydroxylation is 2. The first kappa shape index (κ1) is 18.2. The number of fused-ring (bicyclic) bond motifs is 1. The maximum absolute atomic E-state index is 14.1. The van der Waals surface area contributed by atoms with Gasteiger partial charge in [0.2, 0.25) is 0 Å². The number of rotatable bonds is 6. The van der Waals surface area contributed by atoms with E-state index >= 15 is 0 Å². The molecule has 0 N–H and O–H groups in total. The number of hydrogen-bond donors (Lipinski definition) is 0. The topological polar surface area (TPSA) is 15.7 Å². The average Bonchev–Trinajstić information content (AvgIpc) is 3.13. The first-order valence-electron chi connectivity index (χ1n) is 9.86. The highest BCUT2D eigenvalue weighted by molar-refractivity contribution is 5.46. The van der Waals surface area contributed by atoms with Gasteiger partial charge in [-0.1, -0.05) is 6.07 Å². The molecule has 2 aromatic carbocycles. The molecule has 5 heteroatoms. The van der Waals surface area contributed by atoms with E-state index in [-0.39, 0.29) is 11.6 Å². The summed E-state index contributed by atoms with van der Waals surface area (Å²) in [4.78, 5) is 4.61. The van der Waals surface area contributed by atoms with E-state index in [4.69, 9.17) is 4.74 Å². The van der Waals surface area contributed by atoms with Crippen molar-refractivity contribution in [1.29, 1.82) is 0 Å². The molecule has 0 atom stereocenters. The molecule has 4 rings (SSSR count). The van der Waals surface area contributed by atoms with Crippen LogP contribution in [0, 0.1) is 11.6 Å². The number of anilines is 1. The smallest absolute Gasteiger partial charge is 0.165 e. The summed E-state index contributed by atoms with van der Waals surface area (Å²) in [6.45, 7) is 5.14. The van der Waals surface area contributed by atoms with E-state index < -0.39 is 0 Å². The van der Waals surface area contributed by atoms with Crippen molar-refractivity contribution < 1.29 is 13.5 Å². The van der Waals surface area contributed by atoms with Gasteiger partial charge in [-0.2, -0.15) is 0 Å². The fraction of sp³-hybridized carbons (Fsp3) is 0.455. The monoisotopic (exact) mass is 372 g/mol. The molecule has 0 unspecified atom stereocenters. The molecule has 0 spiro atoms. The lowest BCUT2D eigenvalue weighted by molar-refractivity contribution is 0.221. The van der Waals surface area contributed by atoms with Crippen LogP contribution in [0.25, 0.3) is 0 Å². The Hall–Kier alpha value is -2.14. The summed E-state index contributed by atoms with van der Waals surface area (Å²) in [6.07, 6.45) is 3.99. The summed E-state index contributed by atoms with van der Waals surface area (Å²) in [6, 6.07) is 10.3. The fourth-order valence-electron chi connectivity index (χ4n) is 4.05. The Morgan fingerprint density at radius 1 is 0.926 bits per heavy atom. The normalized spacial score (nSPS) is 17.2. The van der Waals surface area contributed by atoms with Gasteiger partial charge in [0.25, 0.3) is 0 Å². The van der Waals surface area contributed by atoms with E-state index in [9.17, 15) is 8.78 Å². The summed E-state index contributed by atoms with van der Waals surface area (Å²) in [5, 5.41) is 0. The third kappa shape index (κ3) is 4.41. The molecule has 2 aromatic rings. The number of benzene rings is 2. The Labute approximate surface area is 159 Å². The number of halogens is 2. The summed E-state index contributed by atoms with van der Waals surface area (Å²) in [7, 11) is 0. The lowest BCUT2D eigenvalue weighted by Gasteiger charge is -2.36. The van der Waals surface area contributed by atoms with Gasteiger partial charge >= 0.3 is 0 Å². The third-order valence-electron chi connectivity index (χ3n) is 5.57. The quantitative estimate of drug-likeness (QED) is 0.712. The van der Waals surface area contributed by atoms with E-state index in [0.29, 0.717) is 12.4 Å². The minimum atomic E-state index is -0.237. The molecule has 0 radical (unpaired) electrons. The molecule has 0 bridgehead atoms. The molecule has 27 heavy (non-hydrogen) atoms. The SMILES string of the molecule is Fc1cccc(N2CCN(CCCOc3cc4c(cc3F)CCC4)CC2)c1. The Balaban J connectivity index is 1.20. The second kappa shape index (κ2) is 8.26. The van der Waals surface area contributed by atoms with Crippen molar-refractivity contribution in [2.24, 2.45) is 0 Å². The average molecular weight is 372 g/mol. The largest absolute Gasteiger partial charge is 0.490 e. The van der Waals surface area contributed by atoms with Crippen LogP contribution in [0.2, 0.25) is 0 Å². The van der Waals surface area contributed by atoms with Crippen molar-refractivity contribution in [3.8, 4) is 5.75 Å². The molecule has 1 heterocycles. The van der Waals surface area contributed by atoms with Gasteiger partial charge in [0.1, 0.15) is 5.82 Å².